The van der Waals surface area contributed by atoms with E-state index in [4.69, 9.17) is 23.2 Å². The van der Waals surface area contributed by atoms with Crippen molar-refractivity contribution in [3.63, 3.8) is 0 Å². The first kappa shape index (κ1) is 21.8. The van der Waals surface area contributed by atoms with Crippen molar-refractivity contribution in [3.05, 3.63) is 68.1 Å². The molecule has 0 aliphatic heterocycles. The van der Waals surface area contributed by atoms with Crippen LogP contribution in [0.25, 0.3) is 11.3 Å². The van der Waals surface area contributed by atoms with Gasteiger partial charge < -0.3 is 14.4 Å². The zero-order valence-corrected chi connectivity index (χ0v) is 17.0. The summed E-state index contributed by atoms with van der Waals surface area (Å²) < 4.78 is 32.4. The van der Waals surface area contributed by atoms with Crippen molar-refractivity contribution in [3.8, 4) is 17.1 Å². The van der Waals surface area contributed by atoms with Crippen LogP contribution >= 0.6 is 23.2 Å². The molecule has 0 bridgehead atoms. The van der Waals surface area contributed by atoms with Gasteiger partial charge in [-0.25, -0.2) is 9.48 Å². The molecule has 0 radical (unpaired) electrons. The maximum Gasteiger partial charge on any atom is 0.388 e. The van der Waals surface area contributed by atoms with E-state index in [9.17, 15) is 23.5 Å². The molecule has 0 saturated heterocycles. The quantitative estimate of drug-likeness (QED) is 0.568. The van der Waals surface area contributed by atoms with Gasteiger partial charge in [-0.15, -0.1) is 0 Å². The molecule has 158 valence electrons. The van der Waals surface area contributed by atoms with Gasteiger partial charge >= 0.3 is 12.6 Å². The van der Waals surface area contributed by atoms with E-state index in [1.807, 2.05) is 0 Å². The Morgan fingerprint density at radius 1 is 1.23 bits per heavy atom. The maximum atomic E-state index is 12.7. The number of carbonyl (C=O) groups is 1. The molecule has 2 heterocycles. The molecule has 0 amide bonds. The first-order chi connectivity index (χ1) is 14.2. The summed E-state index contributed by atoms with van der Waals surface area (Å²) in [7, 11) is 0. The van der Waals surface area contributed by atoms with Gasteiger partial charge in [-0.2, -0.15) is 13.9 Å². The minimum absolute atomic E-state index is 0.105. The highest BCUT2D eigenvalue weighted by atomic mass is 35.5. The number of hydrogen-bond donors (Lipinski definition) is 1. The molecule has 0 aliphatic carbocycles. The summed E-state index contributed by atoms with van der Waals surface area (Å²) in [4.78, 5) is 24.5. The zero-order valence-electron chi connectivity index (χ0n) is 15.5. The lowest BCUT2D eigenvalue weighted by molar-refractivity contribution is -0.0556. The third kappa shape index (κ3) is 4.31. The van der Waals surface area contributed by atoms with Crippen LogP contribution in [0.4, 0.5) is 8.78 Å². The summed E-state index contributed by atoms with van der Waals surface area (Å²) in [6, 6.07) is 6.89. The standard InChI is InChI=1S/C19H15Cl2F2N3O4/c1-2-25-11(9-26-15(5-6-24-26)30-19(22)23)8-14(27)16(18(28)29)17(25)10-3-4-12(20)13(21)7-10/h3-8,19H,2,9H2,1H3,(H,28,29). The number of nitrogens with zero attached hydrogens (tertiary/aromatic N) is 3. The molecule has 0 fully saturated rings. The van der Waals surface area contributed by atoms with E-state index in [2.05, 4.69) is 9.84 Å². The Hall–Kier alpha value is -2.91. The molecule has 30 heavy (non-hydrogen) atoms. The molecule has 0 spiro atoms. The second kappa shape index (κ2) is 8.85. The summed E-state index contributed by atoms with van der Waals surface area (Å²) in [5.41, 5.74) is -0.353. The number of aromatic nitrogens is 3. The van der Waals surface area contributed by atoms with Crippen LogP contribution in [-0.4, -0.2) is 32.0 Å². The van der Waals surface area contributed by atoms with Crippen molar-refractivity contribution < 1.29 is 23.4 Å². The number of carboxylic acid groups (broad SMARTS) is 1. The number of aromatic carboxylic acids is 1. The Bertz CT molecular complexity index is 1160. The van der Waals surface area contributed by atoms with E-state index in [0.29, 0.717) is 11.3 Å². The minimum Gasteiger partial charge on any atom is -0.477 e. The van der Waals surface area contributed by atoms with Gasteiger partial charge in [0.1, 0.15) is 5.56 Å². The van der Waals surface area contributed by atoms with E-state index in [0.717, 1.165) is 10.7 Å². The molecule has 7 nitrogen and oxygen atoms in total. The molecule has 11 heteroatoms. The van der Waals surface area contributed by atoms with E-state index in [1.54, 1.807) is 17.6 Å². The summed E-state index contributed by atoms with van der Waals surface area (Å²) in [6.45, 7) is -1.13. The van der Waals surface area contributed by atoms with Gasteiger partial charge in [0.05, 0.1) is 28.5 Å². The van der Waals surface area contributed by atoms with E-state index in [-0.39, 0.29) is 34.7 Å². The molecule has 1 aromatic carbocycles. The van der Waals surface area contributed by atoms with Gasteiger partial charge in [0.15, 0.2) is 5.43 Å². The van der Waals surface area contributed by atoms with Crippen molar-refractivity contribution in [2.45, 2.75) is 26.6 Å². The Kier molecular flexibility index (Phi) is 6.42. The Morgan fingerprint density at radius 3 is 2.57 bits per heavy atom. The number of halogens is 4. The number of rotatable bonds is 7. The normalized spacial score (nSPS) is 11.1. The van der Waals surface area contributed by atoms with E-state index in [1.165, 1.54) is 24.4 Å². The number of hydrogen-bond acceptors (Lipinski definition) is 4. The molecular formula is C19H15Cl2F2N3O4. The van der Waals surface area contributed by atoms with Crippen molar-refractivity contribution in [1.29, 1.82) is 0 Å². The predicted octanol–water partition coefficient (Wildman–Crippen LogP) is 4.39. The van der Waals surface area contributed by atoms with Gasteiger partial charge in [-0.3, -0.25) is 4.79 Å². The van der Waals surface area contributed by atoms with Crippen molar-refractivity contribution >= 4 is 29.2 Å². The third-order valence-electron chi connectivity index (χ3n) is 4.32. The smallest absolute Gasteiger partial charge is 0.388 e. The number of benzene rings is 1. The summed E-state index contributed by atoms with van der Waals surface area (Å²) in [5, 5.41) is 14.0. The van der Waals surface area contributed by atoms with Crippen LogP contribution in [0.1, 0.15) is 23.0 Å². The average molecular weight is 458 g/mol. The van der Waals surface area contributed by atoms with Gasteiger partial charge in [-0.1, -0.05) is 29.3 Å². The number of alkyl halides is 2. The lowest BCUT2D eigenvalue weighted by Crippen LogP contribution is -2.25. The van der Waals surface area contributed by atoms with Crippen molar-refractivity contribution in [2.75, 3.05) is 0 Å². The van der Waals surface area contributed by atoms with Crippen LogP contribution in [0, 0.1) is 0 Å². The second-order valence-corrected chi connectivity index (χ2v) is 6.92. The molecule has 0 aliphatic rings. The van der Waals surface area contributed by atoms with Crippen molar-refractivity contribution in [1.82, 2.24) is 14.3 Å². The maximum absolute atomic E-state index is 12.7. The van der Waals surface area contributed by atoms with Gasteiger partial charge in [0.25, 0.3) is 0 Å². The molecule has 0 atom stereocenters. The molecule has 2 aromatic heterocycles. The van der Waals surface area contributed by atoms with E-state index >= 15 is 0 Å². The zero-order chi connectivity index (χ0) is 22.0. The highest BCUT2D eigenvalue weighted by molar-refractivity contribution is 6.42. The van der Waals surface area contributed by atoms with Gasteiger partial charge in [-0.05, 0) is 19.1 Å². The SMILES string of the molecule is CCn1c(Cn2nccc2OC(F)F)cc(=O)c(C(=O)O)c1-c1ccc(Cl)c(Cl)c1. The average Bonchev–Trinajstić information content (AvgIpc) is 3.09. The number of carboxylic acids is 1. The fourth-order valence-corrected chi connectivity index (χ4v) is 3.42. The summed E-state index contributed by atoms with van der Waals surface area (Å²) >= 11 is 12.0. The Labute approximate surface area is 179 Å². The number of pyridine rings is 1. The Morgan fingerprint density at radius 2 is 1.97 bits per heavy atom. The van der Waals surface area contributed by atoms with Crippen LogP contribution in [0.2, 0.25) is 10.0 Å². The van der Waals surface area contributed by atoms with Crippen LogP contribution in [-0.2, 0) is 13.1 Å². The van der Waals surface area contributed by atoms with Crippen LogP contribution in [0.3, 0.4) is 0 Å². The lowest BCUT2D eigenvalue weighted by Gasteiger charge is -2.20. The molecule has 0 saturated carbocycles. The topological polar surface area (TPSA) is 86.4 Å². The largest absolute Gasteiger partial charge is 0.477 e. The first-order valence-electron chi connectivity index (χ1n) is 8.65. The minimum atomic E-state index is -3.05. The predicted molar refractivity (Wildman–Crippen MR) is 107 cm³/mol. The summed E-state index contributed by atoms with van der Waals surface area (Å²) in [6.07, 6.45) is 1.28. The van der Waals surface area contributed by atoms with Gasteiger partial charge in [0, 0.05) is 29.9 Å². The number of ether oxygens (including phenoxy) is 1. The molecule has 3 rings (SSSR count). The monoisotopic (exact) mass is 457 g/mol. The molecular weight excluding hydrogens is 443 g/mol. The third-order valence-corrected chi connectivity index (χ3v) is 5.06. The lowest BCUT2D eigenvalue weighted by atomic mass is 10.0. The highest BCUT2D eigenvalue weighted by Crippen LogP contribution is 2.31. The second-order valence-electron chi connectivity index (χ2n) is 6.11. The van der Waals surface area contributed by atoms with Crippen LogP contribution < -0.4 is 10.2 Å². The molecule has 0 unspecified atom stereocenters. The van der Waals surface area contributed by atoms with E-state index < -0.39 is 23.6 Å². The van der Waals surface area contributed by atoms with Gasteiger partial charge in [0.2, 0.25) is 5.88 Å². The fourth-order valence-electron chi connectivity index (χ4n) is 3.12. The molecule has 3 aromatic rings. The highest BCUT2D eigenvalue weighted by Gasteiger charge is 2.23. The molecule has 1 N–H and O–H groups in total. The van der Waals surface area contributed by atoms with Crippen LogP contribution in [0.15, 0.2) is 41.3 Å². The Balaban J connectivity index is 2.22. The first-order valence-corrected chi connectivity index (χ1v) is 9.40. The fraction of sp³-hybridized carbons (Fsp3) is 0.211. The summed E-state index contributed by atoms with van der Waals surface area (Å²) in [5.74, 6) is -1.60. The van der Waals surface area contributed by atoms with Crippen LogP contribution in [0.5, 0.6) is 5.88 Å². The van der Waals surface area contributed by atoms with Crippen molar-refractivity contribution in [2.24, 2.45) is 0 Å².